The minimum Gasteiger partial charge on any atom is -0.478 e. The quantitative estimate of drug-likeness (QED) is 0.632. The number of nitrogen functional groups attached to an aromatic ring is 1. The van der Waals surface area contributed by atoms with Crippen LogP contribution in [0.25, 0.3) is 0 Å². The lowest BCUT2D eigenvalue weighted by molar-refractivity contribution is 0.0698. The van der Waals surface area contributed by atoms with E-state index in [2.05, 4.69) is 5.32 Å². The Morgan fingerprint density at radius 3 is 2.15 bits per heavy atom. The van der Waals surface area contributed by atoms with E-state index in [1.807, 2.05) is 0 Å². The lowest BCUT2D eigenvalue weighted by atomic mass is 10.1. The molecule has 6 heteroatoms. The molecule has 0 spiro atoms. The SMILES string of the molecule is NC(=O)c1ccc(Nc2ccc(N)c(C(=O)O)c2)cc1. The van der Waals surface area contributed by atoms with Gasteiger partial charge in [-0.2, -0.15) is 0 Å². The van der Waals surface area contributed by atoms with Crippen molar-refractivity contribution in [2.45, 2.75) is 0 Å². The Bertz CT molecular complexity index is 666. The zero-order chi connectivity index (χ0) is 14.7. The minimum absolute atomic E-state index is 0.0313. The molecule has 20 heavy (non-hydrogen) atoms. The van der Waals surface area contributed by atoms with Crippen LogP contribution in [-0.2, 0) is 0 Å². The molecule has 0 bridgehead atoms. The van der Waals surface area contributed by atoms with Crippen molar-refractivity contribution in [2.24, 2.45) is 5.73 Å². The fourth-order valence-corrected chi connectivity index (χ4v) is 1.70. The molecular weight excluding hydrogens is 258 g/mol. The summed E-state index contributed by atoms with van der Waals surface area (Å²) in [4.78, 5) is 21.9. The Balaban J connectivity index is 2.23. The van der Waals surface area contributed by atoms with Crippen molar-refractivity contribution < 1.29 is 14.7 Å². The van der Waals surface area contributed by atoms with Crippen LogP contribution in [0.5, 0.6) is 0 Å². The van der Waals surface area contributed by atoms with E-state index in [0.717, 1.165) is 0 Å². The highest BCUT2D eigenvalue weighted by Crippen LogP contribution is 2.22. The molecule has 6 N–H and O–H groups in total. The van der Waals surface area contributed by atoms with Gasteiger partial charge in [0.25, 0.3) is 0 Å². The van der Waals surface area contributed by atoms with Gasteiger partial charge in [-0.1, -0.05) is 0 Å². The van der Waals surface area contributed by atoms with Gasteiger partial charge in [0.15, 0.2) is 0 Å². The molecule has 2 rings (SSSR count). The Morgan fingerprint density at radius 2 is 1.60 bits per heavy atom. The molecule has 0 radical (unpaired) electrons. The second-order valence-corrected chi connectivity index (χ2v) is 4.17. The number of hydrogen-bond acceptors (Lipinski definition) is 4. The molecule has 0 saturated heterocycles. The fourth-order valence-electron chi connectivity index (χ4n) is 1.70. The lowest BCUT2D eigenvalue weighted by Gasteiger charge is -2.09. The first-order valence-corrected chi connectivity index (χ1v) is 5.77. The van der Waals surface area contributed by atoms with Crippen LogP contribution in [0.3, 0.4) is 0 Å². The number of nitrogens with one attached hydrogen (secondary N) is 1. The highest BCUT2D eigenvalue weighted by molar-refractivity contribution is 5.95. The number of hydrogen-bond donors (Lipinski definition) is 4. The fraction of sp³-hybridized carbons (Fsp3) is 0. The number of carbonyl (C=O) groups is 2. The summed E-state index contributed by atoms with van der Waals surface area (Å²) in [6, 6.07) is 11.2. The third-order valence-electron chi connectivity index (χ3n) is 2.74. The van der Waals surface area contributed by atoms with Crippen LogP contribution in [0.2, 0.25) is 0 Å². The first-order chi connectivity index (χ1) is 9.47. The maximum Gasteiger partial charge on any atom is 0.337 e. The number of rotatable bonds is 4. The number of carboxylic acids is 1. The van der Waals surface area contributed by atoms with Crippen LogP contribution in [0, 0.1) is 0 Å². The molecular formula is C14H13N3O3. The highest BCUT2D eigenvalue weighted by atomic mass is 16.4. The number of nitrogens with two attached hydrogens (primary N) is 2. The zero-order valence-corrected chi connectivity index (χ0v) is 10.5. The molecule has 2 aromatic carbocycles. The summed E-state index contributed by atoms with van der Waals surface area (Å²) in [5.41, 5.74) is 12.7. The van der Waals surface area contributed by atoms with Crippen molar-refractivity contribution in [1.82, 2.24) is 0 Å². The third-order valence-corrected chi connectivity index (χ3v) is 2.74. The van der Waals surface area contributed by atoms with Crippen molar-refractivity contribution in [3.63, 3.8) is 0 Å². The van der Waals surface area contributed by atoms with E-state index >= 15 is 0 Å². The molecule has 0 aliphatic rings. The van der Waals surface area contributed by atoms with Gasteiger partial charge in [-0.3, -0.25) is 4.79 Å². The van der Waals surface area contributed by atoms with Gasteiger partial charge in [-0.15, -0.1) is 0 Å². The summed E-state index contributed by atoms with van der Waals surface area (Å²) in [7, 11) is 0. The molecule has 0 unspecified atom stereocenters. The number of aromatic carboxylic acids is 1. The first-order valence-electron chi connectivity index (χ1n) is 5.77. The van der Waals surface area contributed by atoms with E-state index in [4.69, 9.17) is 16.6 Å². The smallest absolute Gasteiger partial charge is 0.337 e. The summed E-state index contributed by atoms with van der Waals surface area (Å²) >= 11 is 0. The maximum absolute atomic E-state index is 11.0. The standard InChI is InChI=1S/C14H13N3O3/c15-12-6-5-10(7-11(12)14(19)20)17-9-3-1-8(2-4-9)13(16)18/h1-7,17H,15H2,(H2,16,18)(H,19,20). The summed E-state index contributed by atoms with van der Waals surface area (Å²) in [5, 5.41) is 12.0. The second-order valence-electron chi connectivity index (χ2n) is 4.17. The molecule has 0 saturated carbocycles. The zero-order valence-electron chi connectivity index (χ0n) is 10.5. The van der Waals surface area contributed by atoms with E-state index < -0.39 is 11.9 Å². The van der Waals surface area contributed by atoms with Crippen molar-refractivity contribution in [3.8, 4) is 0 Å². The van der Waals surface area contributed by atoms with Gasteiger partial charge in [0.05, 0.1) is 5.56 Å². The van der Waals surface area contributed by atoms with Gasteiger partial charge in [-0.05, 0) is 42.5 Å². The number of benzene rings is 2. The van der Waals surface area contributed by atoms with Crippen LogP contribution in [-0.4, -0.2) is 17.0 Å². The van der Waals surface area contributed by atoms with Gasteiger partial charge >= 0.3 is 5.97 Å². The number of anilines is 3. The van der Waals surface area contributed by atoms with Crippen LogP contribution >= 0.6 is 0 Å². The third kappa shape index (κ3) is 2.86. The molecule has 0 aliphatic heterocycles. The van der Waals surface area contributed by atoms with Crippen molar-refractivity contribution >= 4 is 28.9 Å². The Labute approximate surface area is 115 Å². The van der Waals surface area contributed by atoms with Gasteiger partial charge in [0, 0.05) is 22.6 Å². The number of amides is 1. The summed E-state index contributed by atoms with van der Waals surface area (Å²) in [6.07, 6.45) is 0. The summed E-state index contributed by atoms with van der Waals surface area (Å²) in [6.45, 7) is 0. The predicted molar refractivity (Wildman–Crippen MR) is 76.1 cm³/mol. The van der Waals surface area contributed by atoms with Gasteiger partial charge in [0.2, 0.25) is 5.91 Å². The molecule has 0 aliphatic carbocycles. The van der Waals surface area contributed by atoms with Crippen LogP contribution in [0.15, 0.2) is 42.5 Å². The van der Waals surface area contributed by atoms with E-state index in [9.17, 15) is 9.59 Å². The van der Waals surface area contributed by atoms with E-state index in [0.29, 0.717) is 16.9 Å². The molecule has 0 aromatic heterocycles. The molecule has 0 fully saturated rings. The summed E-state index contributed by atoms with van der Waals surface area (Å²) in [5.74, 6) is -1.59. The Hall–Kier alpha value is -3.02. The Morgan fingerprint density at radius 1 is 1.00 bits per heavy atom. The summed E-state index contributed by atoms with van der Waals surface area (Å²) < 4.78 is 0. The lowest BCUT2D eigenvalue weighted by Crippen LogP contribution is -2.10. The average Bonchev–Trinajstić information content (AvgIpc) is 2.41. The normalized spacial score (nSPS) is 10.0. The maximum atomic E-state index is 11.0. The average molecular weight is 271 g/mol. The van der Waals surface area contributed by atoms with Crippen molar-refractivity contribution in [3.05, 3.63) is 53.6 Å². The first kappa shape index (κ1) is 13.4. The molecule has 2 aromatic rings. The van der Waals surface area contributed by atoms with Crippen LogP contribution in [0.4, 0.5) is 17.1 Å². The van der Waals surface area contributed by atoms with Crippen molar-refractivity contribution in [2.75, 3.05) is 11.1 Å². The molecule has 1 amide bonds. The molecule has 102 valence electrons. The number of primary amides is 1. The molecule has 6 nitrogen and oxygen atoms in total. The largest absolute Gasteiger partial charge is 0.478 e. The van der Waals surface area contributed by atoms with E-state index in [-0.39, 0.29) is 11.3 Å². The van der Waals surface area contributed by atoms with Gasteiger partial charge < -0.3 is 21.9 Å². The minimum atomic E-state index is -1.09. The second kappa shape index (κ2) is 5.31. The highest BCUT2D eigenvalue weighted by Gasteiger charge is 2.08. The topological polar surface area (TPSA) is 118 Å². The Kier molecular flexibility index (Phi) is 3.56. The molecule has 0 atom stereocenters. The van der Waals surface area contributed by atoms with E-state index in [1.54, 1.807) is 30.3 Å². The molecule has 0 heterocycles. The monoisotopic (exact) mass is 271 g/mol. The predicted octanol–water partition coefficient (Wildman–Crippen LogP) is 1.81. The van der Waals surface area contributed by atoms with Crippen LogP contribution < -0.4 is 16.8 Å². The van der Waals surface area contributed by atoms with Gasteiger partial charge in [-0.25, -0.2) is 4.79 Å². The van der Waals surface area contributed by atoms with Crippen LogP contribution in [0.1, 0.15) is 20.7 Å². The van der Waals surface area contributed by atoms with Crippen molar-refractivity contribution in [1.29, 1.82) is 0 Å². The van der Waals surface area contributed by atoms with Gasteiger partial charge in [0.1, 0.15) is 0 Å². The number of carbonyl (C=O) groups excluding carboxylic acids is 1. The van der Waals surface area contributed by atoms with E-state index in [1.165, 1.54) is 12.1 Å². The number of carboxylic acid groups (broad SMARTS) is 1.